The minimum atomic E-state index is -4.48. The summed E-state index contributed by atoms with van der Waals surface area (Å²) in [6.07, 6.45) is -4.61. The number of benzene rings is 2. The number of ether oxygens (including phenoxy) is 1. The smallest absolute Gasteiger partial charge is 0.383 e. The van der Waals surface area contributed by atoms with Gasteiger partial charge in [0.1, 0.15) is 0 Å². The van der Waals surface area contributed by atoms with Crippen molar-refractivity contribution < 1.29 is 27.5 Å². The molecule has 0 saturated carbocycles. The summed E-state index contributed by atoms with van der Waals surface area (Å²) in [5.41, 5.74) is 1.63. The molecule has 196 valence electrons. The van der Waals surface area contributed by atoms with E-state index in [1.165, 1.54) is 12.1 Å². The lowest BCUT2D eigenvalue weighted by molar-refractivity contribution is -0.138. The number of nitrogens with one attached hydrogen (secondary N) is 2. The van der Waals surface area contributed by atoms with Crippen LogP contribution in [0, 0.1) is 12.8 Å². The maximum Gasteiger partial charge on any atom is 0.416 e. The molecule has 3 rings (SSSR count). The number of amides is 2. The molecule has 2 aromatic rings. The first-order valence-corrected chi connectivity index (χ1v) is 12.2. The van der Waals surface area contributed by atoms with Crippen molar-refractivity contribution in [2.24, 2.45) is 5.92 Å². The number of anilines is 1. The number of alkyl halides is 3. The van der Waals surface area contributed by atoms with Gasteiger partial charge in [-0.2, -0.15) is 13.2 Å². The second-order valence-electron chi connectivity index (χ2n) is 9.48. The number of rotatable bonds is 9. The van der Waals surface area contributed by atoms with Crippen LogP contribution in [0.4, 0.5) is 18.9 Å². The number of aryl methyl sites for hydroxylation is 1. The minimum absolute atomic E-state index is 0.0788. The van der Waals surface area contributed by atoms with E-state index in [0.29, 0.717) is 38.4 Å². The molecular weight excluding hydrogens is 471 g/mol. The quantitative estimate of drug-likeness (QED) is 0.523. The molecule has 0 aliphatic carbocycles. The van der Waals surface area contributed by atoms with Gasteiger partial charge >= 0.3 is 6.18 Å². The van der Waals surface area contributed by atoms with Gasteiger partial charge in [-0.05, 0) is 42.7 Å². The molecule has 0 unspecified atom stereocenters. The first-order chi connectivity index (χ1) is 17.0. The number of morpholine rings is 1. The summed E-state index contributed by atoms with van der Waals surface area (Å²) in [6, 6.07) is 12.1. The monoisotopic (exact) mass is 505 g/mol. The van der Waals surface area contributed by atoms with E-state index in [0.717, 1.165) is 23.4 Å². The fourth-order valence-corrected chi connectivity index (χ4v) is 4.02. The summed E-state index contributed by atoms with van der Waals surface area (Å²) in [4.78, 5) is 28.1. The SMILES string of the molecule is Cc1ccc(NC[C@@H](NC(=O)[C@@H](CC(=O)N2CCOCC2)c2ccc(C(F)(F)F)cc2)C(C)C)cc1. The summed E-state index contributed by atoms with van der Waals surface area (Å²) >= 11 is 0. The Morgan fingerprint density at radius 1 is 1.00 bits per heavy atom. The molecule has 36 heavy (non-hydrogen) atoms. The van der Waals surface area contributed by atoms with Crippen LogP contribution >= 0.6 is 0 Å². The van der Waals surface area contributed by atoms with E-state index in [1.807, 2.05) is 45.0 Å². The zero-order valence-electron chi connectivity index (χ0n) is 20.9. The molecule has 0 spiro atoms. The van der Waals surface area contributed by atoms with E-state index in [9.17, 15) is 22.8 Å². The maximum absolute atomic E-state index is 13.5. The van der Waals surface area contributed by atoms with Crippen molar-refractivity contribution in [1.82, 2.24) is 10.2 Å². The number of hydrogen-bond acceptors (Lipinski definition) is 4. The highest BCUT2D eigenvalue weighted by Crippen LogP contribution is 2.31. The van der Waals surface area contributed by atoms with E-state index in [2.05, 4.69) is 10.6 Å². The average molecular weight is 506 g/mol. The number of halogens is 3. The highest BCUT2D eigenvalue weighted by atomic mass is 19.4. The molecular formula is C27H34F3N3O3. The topological polar surface area (TPSA) is 70.7 Å². The van der Waals surface area contributed by atoms with Gasteiger partial charge in [-0.1, -0.05) is 43.7 Å². The predicted molar refractivity (Wildman–Crippen MR) is 133 cm³/mol. The lowest BCUT2D eigenvalue weighted by atomic mass is 9.92. The molecule has 0 radical (unpaired) electrons. The zero-order valence-corrected chi connectivity index (χ0v) is 20.9. The molecule has 1 saturated heterocycles. The van der Waals surface area contributed by atoms with Crippen molar-refractivity contribution in [2.45, 2.75) is 45.3 Å². The Labute approximate surface area is 210 Å². The normalized spacial score (nSPS) is 15.9. The predicted octanol–water partition coefficient (Wildman–Crippen LogP) is 4.60. The summed E-state index contributed by atoms with van der Waals surface area (Å²) in [5.74, 6) is -1.45. The highest BCUT2D eigenvalue weighted by molar-refractivity contribution is 5.90. The van der Waals surface area contributed by atoms with E-state index in [-0.39, 0.29) is 30.2 Å². The van der Waals surface area contributed by atoms with E-state index in [4.69, 9.17) is 4.74 Å². The average Bonchev–Trinajstić information content (AvgIpc) is 2.85. The molecule has 1 aliphatic rings. The Balaban J connectivity index is 1.77. The van der Waals surface area contributed by atoms with Crippen LogP contribution in [0.1, 0.15) is 42.9 Å². The number of carbonyl (C=O) groups is 2. The van der Waals surface area contributed by atoms with Crippen molar-refractivity contribution >= 4 is 17.5 Å². The van der Waals surface area contributed by atoms with Gasteiger partial charge in [-0.3, -0.25) is 9.59 Å². The van der Waals surface area contributed by atoms with Gasteiger partial charge in [0, 0.05) is 37.8 Å². The third kappa shape index (κ3) is 7.71. The molecule has 6 nitrogen and oxygen atoms in total. The van der Waals surface area contributed by atoms with Gasteiger partial charge < -0.3 is 20.3 Å². The molecule has 1 aliphatic heterocycles. The van der Waals surface area contributed by atoms with E-state index >= 15 is 0 Å². The summed E-state index contributed by atoms with van der Waals surface area (Å²) in [5, 5.41) is 6.36. The van der Waals surface area contributed by atoms with Gasteiger partial charge in [0.2, 0.25) is 11.8 Å². The summed E-state index contributed by atoms with van der Waals surface area (Å²) < 4.78 is 44.5. The standard InChI is InChI=1S/C27H34F3N3O3/c1-18(2)24(17-31-22-10-4-19(3)5-11-22)32-26(35)23(16-25(34)33-12-14-36-15-13-33)20-6-8-21(9-7-20)27(28,29)30/h4-11,18,23-24,31H,12-17H2,1-3H3,(H,32,35)/t23-,24+/m0/s1. The van der Waals surface area contributed by atoms with Crippen LogP contribution in [0.2, 0.25) is 0 Å². The van der Waals surface area contributed by atoms with E-state index < -0.39 is 17.7 Å². The molecule has 2 aromatic carbocycles. The van der Waals surface area contributed by atoms with Gasteiger partial charge in [0.25, 0.3) is 0 Å². The summed E-state index contributed by atoms with van der Waals surface area (Å²) in [6.45, 7) is 8.11. The second kappa shape index (κ2) is 12.3. The third-order valence-electron chi connectivity index (χ3n) is 6.41. The second-order valence-corrected chi connectivity index (χ2v) is 9.48. The fourth-order valence-electron chi connectivity index (χ4n) is 4.02. The molecule has 2 amide bonds. The van der Waals surface area contributed by atoms with Gasteiger partial charge in [-0.25, -0.2) is 0 Å². The van der Waals surface area contributed by atoms with Crippen LogP contribution in [0.25, 0.3) is 0 Å². The number of carbonyl (C=O) groups excluding carboxylic acids is 2. The molecule has 0 bridgehead atoms. The van der Waals surface area contributed by atoms with Crippen molar-refractivity contribution in [2.75, 3.05) is 38.2 Å². The lowest BCUT2D eigenvalue weighted by Crippen LogP contribution is -2.47. The Bertz CT molecular complexity index is 1000. The van der Waals surface area contributed by atoms with E-state index in [1.54, 1.807) is 4.90 Å². The number of nitrogens with zero attached hydrogens (tertiary/aromatic N) is 1. The molecule has 2 N–H and O–H groups in total. The molecule has 2 atom stereocenters. The fraction of sp³-hybridized carbons (Fsp3) is 0.481. The molecule has 9 heteroatoms. The van der Waals surface area contributed by atoms with Gasteiger partial charge in [0.05, 0.1) is 24.7 Å². The molecule has 1 fully saturated rings. The Hall–Kier alpha value is -3.07. The van der Waals surface area contributed by atoms with Gasteiger partial charge in [-0.15, -0.1) is 0 Å². The number of hydrogen-bond donors (Lipinski definition) is 2. The van der Waals surface area contributed by atoms with Gasteiger partial charge in [0.15, 0.2) is 0 Å². The van der Waals surface area contributed by atoms with Crippen LogP contribution in [-0.2, 0) is 20.5 Å². The lowest BCUT2D eigenvalue weighted by Gasteiger charge is -2.30. The Morgan fingerprint density at radius 2 is 1.61 bits per heavy atom. The first kappa shape index (κ1) is 27.5. The van der Waals surface area contributed by atoms with Crippen molar-refractivity contribution in [3.05, 3.63) is 65.2 Å². The van der Waals surface area contributed by atoms with Crippen LogP contribution < -0.4 is 10.6 Å². The van der Waals surface area contributed by atoms with Crippen molar-refractivity contribution in [1.29, 1.82) is 0 Å². The van der Waals surface area contributed by atoms with Crippen LogP contribution in [0.5, 0.6) is 0 Å². The largest absolute Gasteiger partial charge is 0.416 e. The van der Waals surface area contributed by atoms with Crippen molar-refractivity contribution in [3.8, 4) is 0 Å². The minimum Gasteiger partial charge on any atom is -0.383 e. The highest BCUT2D eigenvalue weighted by Gasteiger charge is 2.32. The van der Waals surface area contributed by atoms with Crippen LogP contribution in [-0.4, -0.2) is 55.6 Å². The zero-order chi connectivity index (χ0) is 26.3. The van der Waals surface area contributed by atoms with Crippen molar-refractivity contribution in [3.63, 3.8) is 0 Å². The maximum atomic E-state index is 13.5. The van der Waals surface area contributed by atoms with Crippen LogP contribution in [0.15, 0.2) is 48.5 Å². The third-order valence-corrected chi connectivity index (χ3v) is 6.41. The Kier molecular flexibility index (Phi) is 9.37. The molecule has 0 aromatic heterocycles. The summed E-state index contributed by atoms with van der Waals surface area (Å²) in [7, 11) is 0. The first-order valence-electron chi connectivity index (χ1n) is 12.2. The van der Waals surface area contributed by atoms with Crippen LogP contribution in [0.3, 0.4) is 0 Å². The molecule has 1 heterocycles. The Morgan fingerprint density at radius 3 is 2.17 bits per heavy atom.